The molecule has 3 nitrogen and oxygen atoms in total. The lowest BCUT2D eigenvalue weighted by Gasteiger charge is -2.19. The molecule has 16 heavy (non-hydrogen) atoms. The molecule has 5 heteroatoms. The van der Waals surface area contributed by atoms with E-state index in [1.165, 1.54) is 6.42 Å². The van der Waals surface area contributed by atoms with Crippen molar-refractivity contribution >= 4 is 37.7 Å². The van der Waals surface area contributed by atoms with E-state index in [9.17, 15) is 0 Å². The number of hydrogen-bond donors (Lipinski definition) is 1. The van der Waals surface area contributed by atoms with E-state index >= 15 is 0 Å². The molecule has 0 aliphatic rings. The van der Waals surface area contributed by atoms with Crippen molar-refractivity contribution in [2.24, 2.45) is 5.73 Å². The molecule has 0 aliphatic heterocycles. The molecule has 1 aromatic rings. The van der Waals surface area contributed by atoms with E-state index in [0.717, 1.165) is 40.7 Å². The maximum absolute atomic E-state index is 5.46. The van der Waals surface area contributed by atoms with E-state index in [4.69, 9.17) is 5.73 Å². The van der Waals surface area contributed by atoms with E-state index in [2.05, 4.69) is 48.8 Å². The van der Waals surface area contributed by atoms with Crippen molar-refractivity contribution in [3.05, 3.63) is 21.2 Å². The largest absolute Gasteiger partial charge is 0.359 e. The average molecular weight is 351 g/mol. The second-order valence-electron chi connectivity index (χ2n) is 3.73. The Morgan fingerprint density at radius 1 is 1.31 bits per heavy atom. The molecular weight excluding hydrogens is 334 g/mol. The predicted octanol–water partition coefficient (Wildman–Crippen LogP) is 3.17. The Morgan fingerprint density at radius 3 is 2.69 bits per heavy atom. The fraction of sp³-hybridized carbons (Fsp3) is 0.545. The molecule has 0 spiro atoms. The Morgan fingerprint density at radius 2 is 2.06 bits per heavy atom. The summed E-state index contributed by atoms with van der Waals surface area (Å²) in [4.78, 5) is 6.54. The zero-order valence-corrected chi connectivity index (χ0v) is 12.6. The average Bonchev–Trinajstić information content (AvgIpc) is 2.24. The quantitative estimate of drug-likeness (QED) is 0.801. The van der Waals surface area contributed by atoms with Gasteiger partial charge >= 0.3 is 0 Å². The van der Waals surface area contributed by atoms with Crippen LogP contribution >= 0.6 is 31.9 Å². The highest BCUT2D eigenvalue weighted by molar-refractivity contribution is 9.11. The van der Waals surface area contributed by atoms with Crippen molar-refractivity contribution in [2.75, 3.05) is 25.0 Å². The lowest BCUT2D eigenvalue weighted by atomic mass is 10.2. The smallest absolute Gasteiger partial charge is 0.142 e. The number of unbranched alkanes of at least 4 members (excludes halogenated alkanes) is 2. The van der Waals surface area contributed by atoms with Gasteiger partial charge < -0.3 is 10.6 Å². The van der Waals surface area contributed by atoms with Gasteiger partial charge in [0.15, 0.2) is 0 Å². The number of anilines is 1. The van der Waals surface area contributed by atoms with Crippen molar-refractivity contribution in [3.63, 3.8) is 0 Å². The SMILES string of the molecule is CN(CCCCCN)c1ncc(Br)cc1Br. The van der Waals surface area contributed by atoms with E-state index in [0.29, 0.717) is 0 Å². The Balaban J connectivity index is 2.49. The van der Waals surface area contributed by atoms with Crippen molar-refractivity contribution in [2.45, 2.75) is 19.3 Å². The Bertz CT molecular complexity index is 331. The van der Waals surface area contributed by atoms with Crippen LogP contribution < -0.4 is 10.6 Å². The number of nitrogens with zero attached hydrogens (tertiary/aromatic N) is 2. The Hall–Kier alpha value is -0.130. The maximum atomic E-state index is 5.46. The third-order valence-corrected chi connectivity index (χ3v) is 3.36. The van der Waals surface area contributed by atoms with Crippen LogP contribution in [-0.4, -0.2) is 25.1 Å². The molecule has 1 rings (SSSR count). The minimum absolute atomic E-state index is 0.782. The molecule has 1 heterocycles. The van der Waals surface area contributed by atoms with E-state index < -0.39 is 0 Å². The third kappa shape index (κ3) is 4.39. The van der Waals surface area contributed by atoms with Crippen LogP contribution in [0.5, 0.6) is 0 Å². The fourth-order valence-corrected chi connectivity index (χ4v) is 2.75. The highest BCUT2D eigenvalue weighted by atomic mass is 79.9. The lowest BCUT2D eigenvalue weighted by molar-refractivity contribution is 0.675. The number of aromatic nitrogens is 1. The standard InChI is InChI=1S/C11H17Br2N3/c1-16(6-4-2-3-5-14)11-10(13)7-9(12)8-15-11/h7-8H,2-6,14H2,1H3. The molecule has 1 aromatic heterocycles. The van der Waals surface area contributed by atoms with Gasteiger partial charge in [0.05, 0.1) is 4.47 Å². The van der Waals surface area contributed by atoms with E-state index in [-0.39, 0.29) is 0 Å². The molecule has 0 aromatic carbocycles. The van der Waals surface area contributed by atoms with Crippen LogP contribution in [-0.2, 0) is 0 Å². The summed E-state index contributed by atoms with van der Waals surface area (Å²) in [5, 5.41) is 0. The fourth-order valence-electron chi connectivity index (χ4n) is 1.46. The monoisotopic (exact) mass is 349 g/mol. The summed E-state index contributed by atoms with van der Waals surface area (Å²) < 4.78 is 2.00. The summed E-state index contributed by atoms with van der Waals surface area (Å²) in [5.41, 5.74) is 5.46. The Labute approximate surface area is 114 Å². The molecule has 0 bridgehead atoms. The molecule has 0 aliphatic carbocycles. The zero-order valence-electron chi connectivity index (χ0n) is 9.42. The van der Waals surface area contributed by atoms with Crippen LogP contribution in [0.15, 0.2) is 21.2 Å². The second kappa shape index (κ2) is 7.25. The van der Waals surface area contributed by atoms with Crippen LogP contribution in [0.1, 0.15) is 19.3 Å². The highest BCUT2D eigenvalue weighted by Crippen LogP contribution is 2.26. The highest BCUT2D eigenvalue weighted by Gasteiger charge is 2.07. The minimum atomic E-state index is 0.782. The topological polar surface area (TPSA) is 42.1 Å². The van der Waals surface area contributed by atoms with Gasteiger partial charge in [-0.1, -0.05) is 6.42 Å². The van der Waals surface area contributed by atoms with Gasteiger partial charge in [-0.25, -0.2) is 4.98 Å². The molecule has 0 saturated carbocycles. The number of pyridine rings is 1. The number of nitrogens with two attached hydrogens (primary N) is 1. The third-order valence-electron chi connectivity index (χ3n) is 2.35. The molecule has 0 radical (unpaired) electrons. The van der Waals surface area contributed by atoms with Crippen LogP contribution in [0, 0.1) is 0 Å². The van der Waals surface area contributed by atoms with Gasteiger partial charge in [-0.05, 0) is 57.3 Å². The number of hydrogen-bond acceptors (Lipinski definition) is 3. The first-order valence-corrected chi connectivity index (χ1v) is 6.96. The first-order chi connectivity index (χ1) is 7.65. The molecule has 90 valence electrons. The van der Waals surface area contributed by atoms with Crippen molar-refractivity contribution in [1.82, 2.24) is 4.98 Å². The van der Waals surface area contributed by atoms with Gasteiger partial charge in [-0.2, -0.15) is 0 Å². The lowest BCUT2D eigenvalue weighted by Crippen LogP contribution is -2.20. The first kappa shape index (κ1) is 13.9. The van der Waals surface area contributed by atoms with Gasteiger partial charge in [0.25, 0.3) is 0 Å². The van der Waals surface area contributed by atoms with Crippen molar-refractivity contribution in [1.29, 1.82) is 0 Å². The van der Waals surface area contributed by atoms with Gasteiger partial charge in [0.2, 0.25) is 0 Å². The molecule has 0 fully saturated rings. The van der Waals surface area contributed by atoms with Crippen molar-refractivity contribution < 1.29 is 0 Å². The normalized spacial score (nSPS) is 10.5. The number of halogens is 2. The first-order valence-electron chi connectivity index (χ1n) is 5.37. The van der Waals surface area contributed by atoms with Crippen LogP contribution in [0.25, 0.3) is 0 Å². The van der Waals surface area contributed by atoms with Crippen molar-refractivity contribution in [3.8, 4) is 0 Å². The molecule has 0 unspecified atom stereocenters. The summed E-state index contributed by atoms with van der Waals surface area (Å²) in [6.07, 6.45) is 5.24. The van der Waals surface area contributed by atoms with Crippen LogP contribution in [0.4, 0.5) is 5.82 Å². The van der Waals surface area contributed by atoms with Gasteiger partial charge in [-0.15, -0.1) is 0 Å². The summed E-state index contributed by atoms with van der Waals surface area (Å²) >= 11 is 6.91. The Kier molecular flexibility index (Phi) is 6.31. The predicted molar refractivity (Wildman–Crippen MR) is 75.8 cm³/mol. The van der Waals surface area contributed by atoms with Gasteiger partial charge in [0, 0.05) is 24.3 Å². The summed E-state index contributed by atoms with van der Waals surface area (Å²) in [6.45, 7) is 1.79. The number of rotatable bonds is 6. The maximum Gasteiger partial charge on any atom is 0.142 e. The molecule has 0 amide bonds. The van der Waals surface area contributed by atoms with Crippen LogP contribution in [0.3, 0.4) is 0 Å². The minimum Gasteiger partial charge on any atom is -0.359 e. The summed E-state index contributed by atoms with van der Waals surface area (Å²) in [6, 6.07) is 2.01. The molecular formula is C11H17Br2N3. The molecule has 0 saturated heterocycles. The summed E-state index contributed by atoms with van der Waals surface area (Å²) in [5.74, 6) is 0.982. The molecule has 0 atom stereocenters. The zero-order chi connectivity index (χ0) is 12.0. The van der Waals surface area contributed by atoms with Gasteiger partial charge in [0.1, 0.15) is 5.82 Å². The van der Waals surface area contributed by atoms with E-state index in [1.54, 1.807) is 0 Å². The molecule has 2 N–H and O–H groups in total. The summed E-state index contributed by atoms with van der Waals surface area (Å²) in [7, 11) is 2.06. The van der Waals surface area contributed by atoms with Gasteiger partial charge in [-0.3, -0.25) is 0 Å². The van der Waals surface area contributed by atoms with Crippen LogP contribution in [0.2, 0.25) is 0 Å². The van der Waals surface area contributed by atoms with E-state index in [1.807, 2.05) is 12.3 Å². The second-order valence-corrected chi connectivity index (χ2v) is 5.50.